The number of benzene rings is 1. The van der Waals surface area contributed by atoms with Gasteiger partial charge >= 0.3 is 0 Å². The number of nitrogen functional groups attached to an aromatic ring is 1. The number of carbonyl (C=O) groups is 1. The Morgan fingerprint density at radius 3 is 2.88 bits per heavy atom. The van der Waals surface area contributed by atoms with E-state index in [1.54, 1.807) is 20.0 Å². The number of aromatic nitrogens is 4. The zero-order chi connectivity index (χ0) is 23.5. The maximum absolute atomic E-state index is 14.3. The lowest BCUT2D eigenvalue weighted by Crippen LogP contribution is -2.23. The Bertz CT molecular complexity index is 1490. The first-order chi connectivity index (χ1) is 15.7. The molecule has 10 nitrogen and oxygen atoms in total. The van der Waals surface area contributed by atoms with Gasteiger partial charge in [-0.15, -0.1) is 0 Å². The van der Waals surface area contributed by atoms with Crippen molar-refractivity contribution in [1.29, 1.82) is 5.26 Å². The van der Waals surface area contributed by atoms with E-state index in [0.717, 1.165) is 5.56 Å². The molecular formula is C22H21N7O3S. The summed E-state index contributed by atoms with van der Waals surface area (Å²) in [6.07, 6.45) is 1.07. The molecule has 1 amide bonds. The van der Waals surface area contributed by atoms with E-state index in [4.69, 9.17) is 10.5 Å². The second-order valence-corrected chi connectivity index (χ2v) is 10.7. The van der Waals surface area contributed by atoms with Gasteiger partial charge in [0.1, 0.15) is 17.9 Å². The number of nitriles is 1. The monoisotopic (exact) mass is 463 g/mol. The third-order valence-electron chi connectivity index (χ3n) is 5.97. The van der Waals surface area contributed by atoms with Crippen molar-refractivity contribution in [2.45, 2.75) is 42.9 Å². The molecule has 2 aliphatic rings. The molecule has 33 heavy (non-hydrogen) atoms. The van der Waals surface area contributed by atoms with Crippen LogP contribution in [0.1, 0.15) is 42.0 Å². The highest BCUT2D eigenvalue weighted by Crippen LogP contribution is 2.39. The van der Waals surface area contributed by atoms with Crippen molar-refractivity contribution in [3.63, 3.8) is 0 Å². The van der Waals surface area contributed by atoms with Gasteiger partial charge < -0.3 is 10.5 Å². The van der Waals surface area contributed by atoms with Crippen LogP contribution in [0.2, 0.25) is 0 Å². The van der Waals surface area contributed by atoms with Crippen LogP contribution < -0.4 is 10.5 Å². The molecule has 5 rings (SSSR count). The van der Waals surface area contributed by atoms with E-state index < -0.39 is 27.0 Å². The minimum Gasteiger partial charge on any atom is -0.467 e. The number of nitrogens with two attached hydrogens (primary N) is 1. The molecule has 3 atom stereocenters. The highest BCUT2D eigenvalue weighted by atomic mass is 32.2. The fourth-order valence-corrected chi connectivity index (χ4v) is 6.95. The Balaban J connectivity index is 1.84. The van der Waals surface area contributed by atoms with Gasteiger partial charge in [-0.2, -0.15) is 14.7 Å². The molecule has 0 saturated heterocycles. The van der Waals surface area contributed by atoms with Crippen molar-refractivity contribution < 1.29 is 13.7 Å². The van der Waals surface area contributed by atoms with Gasteiger partial charge in [0, 0.05) is 25.5 Å². The van der Waals surface area contributed by atoms with E-state index in [0.29, 0.717) is 27.4 Å². The minimum atomic E-state index is -3.13. The summed E-state index contributed by atoms with van der Waals surface area (Å²) < 4.78 is 26.0. The largest absolute Gasteiger partial charge is 0.467 e. The molecule has 1 unspecified atom stereocenters. The third kappa shape index (κ3) is 3.25. The molecule has 2 bridgehead atoms. The van der Waals surface area contributed by atoms with E-state index in [1.807, 2.05) is 19.1 Å². The zero-order valence-electron chi connectivity index (χ0n) is 18.3. The van der Waals surface area contributed by atoms with Crippen LogP contribution in [0.15, 0.2) is 33.7 Å². The van der Waals surface area contributed by atoms with Crippen molar-refractivity contribution >= 4 is 21.5 Å². The number of carbonyl (C=O) groups excluding carboxylic acids is 1. The lowest BCUT2D eigenvalue weighted by Gasteiger charge is -2.23. The molecule has 1 aromatic carbocycles. The Morgan fingerprint density at radius 1 is 1.33 bits per heavy atom. The smallest absolute Gasteiger partial charge is 0.258 e. The van der Waals surface area contributed by atoms with E-state index in [2.05, 4.69) is 25.5 Å². The van der Waals surface area contributed by atoms with Crippen LogP contribution in [-0.4, -0.2) is 35.1 Å². The molecule has 3 aromatic rings. The summed E-state index contributed by atoms with van der Waals surface area (Å²) in [5.74, 6) is -0.233. The fraction of sp³-hybridized carbons (Fsp3) is 0.318. The normalized spacial score (nSPS) is 23.6. The fourth-order valence-electron chi connectivity index (χ4n) is 4.39. The van der Waals surface area contributed by atoms with Crippen LogP contribution in [0.3, 0.4) is 0 Å². The molecule has 11 heteroatoms. The molecule has 4 heterocycles. The van der Waals surface area contributed by atoms with Crippen LogP contribution in [0.25, 0.3) is 11.3 Å². The Labute approximate surface area is 190 Å². The number of ether oxygens (including phenoxy) is 1. The zero-order valence-corrected chi connectivity index (χ0v) is 19.1. The first kappa shape index (κ1) is 21.1. The SMILES string of the molecule is Cc1ccc2c(c1)[C@@H](C)Oc1nc(cnc1N)-c1c(nn(C)c1C#N)C[C@@H]1CC(=O)N=S21=O. The van der Waals surface area contributed by atoms with Gasteiger partial charge in [-0.25, -0.2) is 14.2 Å². The highest BCUT2D eigenvalue weighted by molar-refractivity contribution is 7.95. The number of hydrogen-bond donors (Lipinski definition) is 1. The van der Waals surface area contributed by atoms with Crippen LogP contribution >= 0.6 is 0 Å². The first-order valence-electron chi connectivity index (χ1n) is 10.4. The maximum atomic E-state index is 14.3. The molecule has 2 N–H and O–H groups in total. The van der Waals surface area contributed by atoms with Gasteiger partial charge in [-0.05, 0) is 19.9 Å². The molecule has 0 spiro atoms. The number of nitrogens with zero attached hydrogens (tertiary/aromatic N) is 6. The van der Waals surface area contributed by atoms with E-state index in [-0.39, 0.29) is 30.2 Å². The molecule has 0 fully saturated rings. The highest BCUT2D eigenvalue weighted by Gasteiger charge is 2.39. The third-order valence-corrected chi connectivity index (χ3v) is 8.68. The van der Waals surface area contributed by atoms with E-state index in [1.165, 1.54) is 10.9 Å². The summed E-state index contributed by atoms with van der Waals surface area (Å²) in [5, 5.41) is 13.7. The van der Waals surface area contributed by atoms with Crippen molar-refractivity contribution in [3.8, 4) is 23.2 Å². The molecule has 2 aliphatic heterocycles. The molecule has 0 aliphatic carbocycles. The number of anilines is 1. The predicted octanol–water partition coefficient (Wildman–Crippen LogP) is 2.46. The lowest BCUT2D eigenvalue weighted by atomic mass is 10.0. The van der Waals surface area contributed by atoms with Crippen molar-refractivity contribution in [2.75, 3.05) is 5.73 Å². The first-order valence-corrected chi connectivity index (χ1v) is 11.9. The van der Waals surface area contributed by atoms with E-state index in [9.17, 15) is 14.3 Å². The van der Waals surface area contributed by atoms with Gasteiger partial charge in [0.15, 0.2) is 5.82 Å². The van der Waals surface area contributed by atoms with Gasteiger partial charge in [-0.1, -0.05) is 17.7 Å². The number of rotatable bonds is 0. The number of fused-ring (bicyclic) bond motifs is 7. The van der Waals surface area contributed by atoms with Gasteiger partial charge in [0.05, 0.1) is 43.0 Å². The van der Waals surface area contributed by atoms with Crippen LogP contribution in [-0.2, 0) is 28.0 Å². The van der Waals surface area contributed by atoms with Crippen LogP contribution in [0, 0.1) is 18.3 Å². The summed E-state index contributed by atoms with van der Waals surface area (Å²) in [6, 6.07) is 7.61. The second kappa shape index (κ2) is 7.38. The molecule has 2 aromatic heterocycles. The Morgan fingerprint density at radius 2 is 2.12 bits per heavy atom. The Kier molecular flexibility index (Phi) is 4.72. The summed E-state index contributed by atoms with van der Waals surface area (Å²) in [4.78, 5) is 21.7. The summed E-state index contributed by atoms with van der Waals surface area (Å²) in [5.41, 5.74) is 9.22. The molecule has 0 saturated carbocycles. The van der Waals surface area contributed by atoms with Crippen molar-refractivity contribution in [1.82, 2.24) is 19.7 Å². The second-order valence-electron chi connectivity index (χ2n) is 8.24. The maximum Gasteiger partial charge on any atom is 0.258 e. The molecule has 0 radical (unpaired) electrons. The van der Waals surface area contributed by atoms with Gasteiger partial charge in [-0.3, -0.25) is 9.48 Å². The predicted molar refractivity (Wildman–Crippen MR) is 120 cm³/mol. The molecular weight excluding hydrogens is 442 g/mol. The van der Waals surface area contributed by atoms with Gasteiger partial charge in [0.25, 0.3) is 11.8 Å². The minimum absolute atomic E-state index is 0.0257. The summed E-state index contributed by atoms with van der Waals surface area (Å²) >= 11 is 0. The average molecular weight is 464 g/mol. The van der Waals surface area contributed by atoms with E-state index >= 15 is 0 Å². The molecule has 168 valence electrons. The van der Waals surface area contributed by atoms with Crippen molar-refractivity contribution in [3.05, 3.63) is 46.9 Å². The summed E-state index contributed by atoms with van der Waals surface area (Å²) in [7, 11) is -1.48. The number of aryl methyl sites for hydroxylation is 2. The quantitative estimate of drug-likeness (QED) is 0.534. The Hall–Kier alpha value is -3.78. The standard InChI is InChI=1S/C22H21N7O3S/c1-11-4-5-18-14(6-11)12(2)32-22-21(24)25-10-16(26-22)20-15(27-29(3)17(20)9-23)7-13-8-19(30)28-33(13,18)31/h4-6,10,12-13H,7-8H2,1-3H3,(H2,24,25)/t12-,13-,33?/m1/s1. The lowest BCUT2D eigenvalue weighted by molar-refractivity contribution is -0.117. The number of amides is 1. The van der Waals surface area contributed by atoms with Crippen LogP contribution in [0.4, 0.5) is 5.82 Å². The topological polar surface area (TPSA) is 149 Å². The average Bonchev–Trinajstić information content (AvgIpc) is 3.23. The van der Waals surface area contributed by atoms with Crippen molar-refractivity contribution in [2.24, 2.45) is 11.4 Å². The number of hydrogen-bond acceptors (Lipinski definition) is 8. The van der Waals surface area contributed by atoms with Crippen LogP contribution in [0.5, 0.6) is 5.88 Å². The summed E-state index contributed by atoms with van der Waals surface area (Å²) in [6.45, 7) is 3.71. The van der Waals surface area contributed by atoms with Gasteiger partial charge in [0.2, 0.25) is 0 Å².